The fourth-order valence-electron chi connectivity index (χ4n) is 4.00. The van der Waals surface area contributed by atoms with Gasteiger partial charge < -0.3 is 15.5 Å². The molecule has 1 atom stereocenters. The fourth-order valence-corrected chi connectivity index (χ4v) is 4.00. The first-order valence-corrected chi connectivity index (χ1v) is 9.97. The summed E-state index contributed by atoms with van der Waals surface area (Å²) in [5.41, 5.74) is 4.77. The summed E-state index contributed by atoms with van der Waals surface area (Å²) in [6.07, 6.45) is 2.01. The first-order valence-electron chi connectivity index (χ1n) is 9.97. The van der Waals surface area contributed by atoms with Gasteiger partial charge in [-0.25, -0.2) is 9.37 Å². The van der Waals surface area contributed by atoms with Crippen molar-refractivity contribution >= 4 is 11.5 Å². The SMILES string of the molecule is Oc1cccc([C@@H](O)CNc2c3c(nc4cc(-c5cccc(F)c5)nn24)CCC3)c1. The summed E-state index contributed by atoms with van der Waals surface area (Å²) in [5, 5.41) is 28.3. The lowest BCUT2D eigenvalue weighted by Gasteiger charge is -2.16. The van der Waals surface area contributed by atoms with Crippen LogP contribution < -0.4 is 5.32 Å². The molecule has 0 amide bonds. The van der Waals surface area contributed by atoms with Crippen molar-refractivity contribution < 1.29 is 14.6 Å². The van der Waals surface area contributed by atoms with Crippen molar-refractivity contribution in [2.45, 2.75) is 25.4 Å². The van der Waals surface area contributed by atoms with Crippen LogP contribution in [0.5, 0.6) is 5.75 Å². The summed E-state index contributed by atoms with van der Waals surface area (Å²) >= 11 is 0. The van der Waals surface area contributed by atoms with Crippen molar-refractivity contribution in [3.63, 3.8) is 0 Å². The van der Waals surface area contributed by atoms with E-state index in [0.29, 0.717) is 22.5 Å². The highest BCUT2D eigenvalue weighted by Crippen LogP contribution is 2.31. The van der Waals surface area contributed by atoms with Gasteiger partial charge in [0.2, 0.25) is 0 Å². The summed E-state index contributed by atoms with van der Waals surface area (Å²) in [6.45, 7) is 0.254. The van der Waals surface area contributed by atoms with E-state index in [1.54, 1.807) is 34.8 Å². The monoisotopic (exact) mass is 404 g/mol. The molecule has 1 aliphatic carbocycles. The van der Waals surface area contributed by atoms with Gasteiger partial charge in [0.25, 0.3) is 0 Å². The van der Waals surface area contributed by atoms with Crippen molar-refractivity contribution in [2.75, 3.05) is 11.9 Å². The molecule has 7 heteroatoms. The molecule has 0 fully saturated rings. The van der Waals surface area contributed by atoms with Crippen LogP contribution >= 0.6 is 0 Å². The molecular weight excluding hydrogens is 383 g/mol. The molecule has 5 rings (SSSR count). The molecule has 0 aliphatic heterocycles. The Hall–Kier alpha value is -3.45. The maximum Gasteiger partial charge on any atom is 0.158 e. The van der Waals surface area contributed by atoms with Gasteiger partial charge in [0, 0.05) is 29.4 Å². The van der Waals surface area contributed by atoms with E-state index in [1.165, 1.54) is 12.1 Å². The topological polar surface area (TPSA) is 82.7 Å². The van der Waals surface area contributed by atoms with E-state index in [0.717, 1.165) is 36.3 Å². The van der Waals surface area contributed by atoms with Crippen molar-refractivity contribution in [3.05, 3.63) is 77.2 Å². The third-order valence-corrected chi connectivity index (χ3v) is 5.46. The van der Waals surface area contributed by atoms with E-state index in [1.807, 2.05) is 12.1 Å². The number of nitrogens with zero attached hydrogens (tertiary/aromatic N) is 3. The van der Waals surface area contributed by atoms with Gasteiger partial charge in [0.1, 0.15) is 17.4 Å². The third kappa shape index (κ3) is 3.37. The summed E-state index contributed by atoms with van der Waals surface area (Å²) in [7, 11) is 0. The van der Waals surface area contributed by atoms with Gasteiger partial charge in [-0.2, -0.15) is 9.61 Å². The number of phenols is 1. The lowest BCUT2D eigenvalue weighted by molar-refractivity contribution is 0.191. The van der Waals surface area contributed by atoms with Crippen LogP contribution in [0.2, 0.25) is 0 Å². The average Bonchev–Trinajstić information content (AvgIpc) is 3.37. The number of aromatic nitrogens is 3. The number of benzene rings is 2. The summed E-state index contributed by atoms with van der Waals surface area (Å²) < 4.78 is 15.4. The summed E-state index contributed by atoms with van der Waals surface area (Å²) in [6, 6.07) is 14.8. The largest absolute Gasteiger partial charge is 0.508 e. The molecule has 0 saturated carbocycles. The van der Waals surface area contributed by atoms with Crippen LogP contribution in [-0.4, -0.2) is 31.4 Å². The van der Waals surface area contributed by atoms with Crippen molar-refractivity contribution in [2.24, 2.45) is 0 Å². The molecule has 0 bridgehead atoms. The highest BCUT2D eigenvalue weighted by Gasteiger charge is 2.22. The molecule has 2 heterocycles. The molecule has 0 radical (unpaired) electrons. The van der Waals surface area contributed by atoms with E-state index in [-0.39, 0.29) is 18.1 Å². The van der Waals surface area contributed by atoms with Crippen LogP contribution in [0.4, 0.5) is 10.2 Å². The number of hydrogen-bond donors (Lipinski definition) is 3. The number of aliphatic hydroxyl groups is 1. The Morgan fingerprint density at radius 2 is 1.97 bits per heavy atom. The van der Waals surface area contributed by atoms with E-state index in [2.05, 4.69) is 10.4 Å². The zero-order valence-electron chi connectivity index (χ0n) is 16.2. The zero-order valence-corrected chi connectivity index (χ0v) is 16.2. The maximum atomic E-state index is 13.7. The lowest BCUT2D eigenvalue weighted by Crippen LogP contribution is -2.16. The normalized spacial score (nSPS) is 14.1. The van der Waals surface area contributed by atoms with Crippen LogP contribution in [0.25, 0.3) is 16.9 Å². The van der Waals surface area contributed by atoms with Crippen LogP contribution in [0, 0.1) is 5.82 Å². The number of aryl methyl sites for hydroxylation is 1. The van der Waals surface area contributed by atoms with E-state index in [9.17, 15) is 14.6 Å². The molecule has 0 unspecified atom stereocenters. The van der Waals surface area contributed by atoms with Gasteiger partial charge >= 0.3 is 0 Å². The molecule has 0 spiro atoms. The minimum absolute atomic E-state index is 0.116. The summed E-state index contributed by atoms with van der Waals surface area (Å²) in [5.74, 6) is 0.604. The highest BCUT2D eigenvalue weighted by atomic mass is 19.1. The van der Waals surface area contributed by atoms with Gasteiger partial charge in [0.05, 0.1) is 11.8 Å². The minimum Gasteiger partial charge on any atom is -0.508 e. The predicted molar refractivity (Wildman–Crippen MR) is 112 cm³/mol. The number of aromatic hydroxyl groups is 1. The second-order valence-corrected chi connectivity index (χ2v) is 7.54. The van der Waals surface area contributed by atoms with Crippen molar-refractivity contribution in [3.8, 4) is 17.0 Å². The Balaban J connectivity index is 1.51. The van der Waals surface area contributed by atoms with Gasteiger partial charge in [0.15, 0.2) is 5.65 Å². The number of phenolic OH excluding ortho intramolecular Hbond substituents is 1. The van der Waals surface area contributed by atoms with Crippen molar-refractivity contribution in [1.82, 2.24) is 14.6 Å². The first-order chi connectivity index (χ1) is 14.6. The average molecular weight is 404 g/mol. The second kappa shape index (κ2) is 7.42. The van der Waals surface area contributed by atoms with E-state index >= 15 is 0 Å². The highest BCUT2D eigenvalue weighted by molar-refractivity contribution is 5.67. The molecular formula is C23H21FN4O2. The quantitative estimate of drug-likeness (QED) is 0.470. The molecule has 2 aromatic carbocycles. The predicted octanol–water partition coefficient (Wildman–Crippen LogP) is 3.88. The third-order valence-electron chi connectivity index (χ3n) is 5.46. The number of anilines is 1. The van der Waals surface area contributed by atoms with E-state index in [4.69, 9.17) is 4.98 Å². The van der Waals surface area contributed by atoms with Gasteiger partial charge in [-0.3, -0.25) is 0 Å². The molecule has 2 aromatic heterocycles. The standard InChI is InChI=1S/C23H21FN4O2/c24-16-6-1-4-14(10-16)20-12-22-26-19-9-3-8-18(19)23(28(22)27-20)25-13-21(30)15-5-2-7-17(29)11-15/h1-2,4-7,10-12,21,25,29-30H,3,8-9,13H2/t21-/m0/s1. The number of halogens is 1. The fraction of sp³-hybridized carbons (Fsp3) is 0.217. The number of fused-ring (bicyclic) bond motifs is 2. The van der Waals surface area contributed by atoms with Crippen LogP contribution in [0.15, 0.2) is 54.6 Å². The molecule has 6 nitrogen and oxygen atoms in total. The Morgan fingerprint density at radius 3 is 2.80 bits per heavy atom. The Morgan fingerprint density at radius 1 is 1.10 bits per heavy atom. The van der Waals surface area contributed by atoms with Gasteiger partial charge in [-0.05, 0) is 49.1 Å². The molecule has 0 saturated heterocycles. The summed E-state index contributed by atoms with van der Waals surface area (Å²) in [4.78, 5) is 4.75. The Labute approximate surface area is 172 Å². The van der Waals surface area contributed by atoms with Crippen LogP contribution in [-0.2, 0) is 12.8 Å². The molecule has 3 N–H and O–H groups in total. The van der Waals surface area contributed by atoms with E-state index < -0.39 is 6.10 Å². The number of aliphatic hydroxyl groups excluding tert-OH is 1. The molecule has 4 aromatic rings. The Kier molecular flexibility index (Phi) is 4.59. The molecule has 1 aliphatic rings. The number of nitrogens with one attached hydrogen (secondary N) is 1. The smallest absolute Gasteiger partial charge is 0.158 e. The molecule has 152 valence electrons. The van der Waals surface area contributed by atoms with Gasteiger partial charge in [-0.1, -0.05) is 24.3 Å². The number of hydrogen-bond acceptors (Lipinski definition) is 5. The lowest BCUT2D eigenvalue weighted by atomic mass is 10.1. The zero-order chi connectivity index (χ0) is 20.7. The van der Waals surface area contributed by atoms with Crippen LogP contribution in [0.1, 0.15) is 29.3 Å². The second-order valence-electron chi connectivity index (χ2n) is 7.54. The van der Waals surface area contributed by atoms with Gasteiger partial charge in [-0.15, -0.1) is 0 Å². The minimum atomic E-state index is -0.796. The first kappa shape index (κ1) is 18.6. The maximum absolute atomic E-state index is 13.7. The Bertz CT molecular complexity index is 1240. The van der Waals surface area contributed by atoms with Crippen LogP contribution in [0.3, 0.4) is 0 Å². The van der Waals surface area contributed by atoms with Crippen molar-refractivity contribution in [1.29, 1.82) is 0 Å². The number of rotatable bonds is 5. The molecule has 30 heavy (non-hydrogen) atoms.